The van der Waals surface area contributed by atoms with Gasteiger partial charge in [-0.2, -0.15) is 0 Å². The fourth-order valence-corrected chi connectivity index (χ4v) is 4.54. The van der Waals surface area contributed by atoms with Crippen LogP contribution < -0.4 is 5.32 Å². The zero-order chi connectivity index (χ0) is 17.6. The van der Waals surface area contributed by atoms with Crippen LogP contribution in [0.25, 0.3) is 5.65 Å². The summed E-state index contributed by atoms with van der Waals surface area (Å²) in [5, 5.41) is 7.26. The van der Waals surface area contributed by atoms with Crippen LogP contribution in [0.5, 0.6) is 0 Å². The Bertz CT molecular complexity index is 1050. The number of anilines is 1. The second kappa shape index (κ2) is 5.78. The molecule has 9 heteroatoms. The van der Waals surface area contributed by atoms with Crippen molar-refractivity contribution in [3.05, 3.63) is 42.0 Å². The summed E-state index contributed by atoms with van der Waals surface area (Å²) < 4.78 is 27.8. The van der Waals surface area contributed by atoms with Crippen molar-refractivity contribution in [3.63, 3.8) is 0 Å². The number of nitrogens with one attached hydrogen (secondary N) is 1. The molecule has 8 nitrogen and oxygen atoms in total. The van der Waals surface area contributed by atoms with E-state index in [-0.39, 0.29) is 15.6 Å². The average molecular weight is 358 g/mol. The Kier molecular flexibility index (Phi) is 3.69. The Morgan fingerprint density at radius 2 is 2.16 bits per heavy atom. The minimum atomic E-state index is -3.78. The highest BCUT2D eigenvalue weighted by Crippen LogP contribution is 2.31. The van der Waals surface area contributed by atoms with Crippen molar-refractivity contribution in [2.75, 3.05) is 26.0 Å². The summed E-state index contributed by atoms with van der Waals surface area (Å²) in [5.41, 5.74) is 2.34. The van der Waals surface area contributed by atoms with E-state index in [4.69, 9.17) is 0 Å². The Morgan fingerprint density at radius 1 is 1.32 bits per heavy atom. The first-order chi connectivity index (χ1) is 12.0. The van der Waals surface area contributed by atoms with Gasteiger partial charge in [-0.15, -0.1) is 5.10 Å². The third-order valence-electron chi connectivity index (χ3n) is 4.35. The normalized spacial score (nSPS) is 15.3. The molecule has 130 valence electrons. The minimum Gasteiger partial charge on any atom is -0.370 e. The van der Waals surface area contributed by atoms with Gasteiger partial charge in [-0.1, -0.05) is 0 Å². The van der Waals surface area contributed by atoms with E-state index in [1.807, 2.05) is 13.2 Å². The third-order valence-corrected chi connectivity index (χ3v) is 6.13. The molecule has 0 fully saturated rings. The molecule has 0 aliphatic carbocycles. The predicted octanol–water partition coefficient (Wildman–Crippen LogP) is 0.987. The van der Waals surface area contributed by atoms with Crippen molar-refractivity contribution in [2.24, 2.45) is 0 Å². The minimum absolute atomic E-state index is 0.0877. The maximum absolute atomic E-state index is 13.1. The predicted molar refractivity (Wildman–Crippen MR) is 92.3 cm³/mol. The lowest BCUT2D eigenvalue weighted by Crippen LogP contribution is -2.27. The highest BCUT2D eigenvalue weighted by atomic mass is 32.2. The summed E-state index contributed by atoms with van der Waals surface area (Å²) in [6.07, 6.45) is 5.54. The number of aromatic nitrogens is 4. The number of hydrogen-bond acceptors (Lipinski definition) is 7. The molecule has 1 N–H and O–H groups in total. The molecule has 4 heterocycles. The molecule has 0 amide bonds. The van der Waals surface area contributed by atoms with Crippen molar-refractivity contribution in [1.29, 1.82) is 0 Å². The molecule has 0 unspecified atom stereocenters. The van der Waals surface area contributed by atoms with Crippen LogP contribution in [0.3, 0.4) is 0 Å². The van der Waals surface area contributed by atoms with Crippen LogP contribution in [0.1, 0.15) is 11.3 Å². The first-order valence-electron chi connectivity index (χ1n) is 7.93. The van der Waals surface area contributed by atoms with Crippen LogP contribution >= 0.6 is 0 Å². The molecular weight excluding hydrogens is 340 g/mol. The summed E-state index contributed by atoms with van der Waals surface area (Å²) in [4.78, 5) is 11.0. The van der Waals surface area contributed by atoms with Crippen molar-refractivity contribution < 1.29 is 8.42 Å². The standard InChI is InChI=1S/C16H18N6O2S/c1-17-15-14(25(23,24)12-4-3-6-18-8-12)16-19-13-5-7-21(2)9-11(13)10-22(16)20-15/h3-4,6,8,10H,5,7,9H2,1-2H3,(H,17,20). The van der Waals surface area contributed by atoms with Crippen LogP contribution in [0, 0.1) is 0 Å². The molecule has 1 aliphatic rings. The molecule has 0 atom stereocenters. The van der Waals surface area contributed by atoms with Gasteiger partial charge in [-0.25, -0.2) is 17.9 Å². The van der Waals surface area contributed by atoms with Gasteiger partial charge in [0, 0.05) is 50.7 Å². The first kappa shape index (κ1) is 16.0. The number of sulfone groups is 1. The van der Waals surface area contributed by atoms with Gasteiger partial charge < -0.3 is 10.2 Å². The van der Waals surface area contributed by atoms with Crippen LogP contribution in [0.15, 0.2) is 40.5 Å². The van der Waals surface area contributed by atoms with Gasteiger partial charge in [0.2, 0.25) is 9.84 Å². The average Bonchev–Trinajstić information content (AvgIpc) is 2.98. The van der Waals surface area contributed by atoms with Crippen molar-refractivity contribution in [3.8, 4) is 0 Å². The van der Waals surface area contributed by atoms with Gasteiger partial charge >= 0.3 is 0 Å². The van der Waals surface area contributed by atoms with Crippen molar-refractivity contribution in [1.82, 2.24) is 24.5 Å². The van der Waals surface area contributed by atoms with Crippen LogP contribution in [-0.2, 0) is 22.8 Å². The Balaban J connectivity index is 1.97. The zero-order valence-electron chi connectivity index (χ0n) is 14.0. The van der Waals surface area contributed by atoms with Gasteiger partial charge in [0.05, 0.1) is 10.6 Å². The van der Waals surface area contributed by atoms with Crippen molar-refractivity contribution >= 4 is 21.3 Å². The Morgan fingerprint density at radius 3 is 2.88 bits per heavy atom. The fourth-order valence-electron chi connectivity index (χ4n) is 3.07. The zero-order valence-corrected chi connectivity index (χ0v) is 14.8. The number of likely N-dealkylation sites (N-methyl/N-ethyl adjacent to an activating group) is 1. The number of fused-ring (bicyclic) bond motifs is 2. The highest BCUT2D eigenvalue weighted by Gasteiger charge is 2.29. The van der Waals surface area contributed by atoms with E-state index >= 15 is 0 Å². The summed E-state index contributed by atoms with van der Waals surface area (Å²) >= 11 is 0. The number of nitrogens with zero attached hydrogens (tertiary/aromatic N) is 5. The summed E-state index contributed by atoms with van der Waals surface area (Å²) in [6, 6.07) is 3.13. The second-order valence-corrected chi connectivity index (χ2v) is 7.98. The van der Waals surface area contributed by atoms with Gasteiger partial charge in [0.1, 0.15) is 0 Å². The molecule has 0 bridgehead atoms. The van der Waals surface area contributed by atoms with E-state index < -0.39 is 9.84 Å². The van der Waals surface area contributed by atoms with Gasteiger partial charge in [-0.3, -0.25) is 4.98 Å². The van der Waals surface area contributed by atoms with Gasteiger partial charge in [0.25, 0.3) is 0 Å². The first-order valence-corrected chi connectivity index (χ1v) is 9.41. The van der Waals surface area contributed by atoms with E-state index in [0.29, 0.717) is 5.65 Å². The Hall–Kier alpha value is -2.52. The molecule has 25 heavy (non-hydrogen) atoms. The molecule has 0 aromatic carbocycles. The van der Waals surface area contributed by atoms with Crippen LogP contribution in [0.2, 0.25) is 0 Å². The van der Waals surface area contributed by atoms with E-state index in [1.165, 1.54) is 12.3 Å². The number of pyridine rings is 1. The monoisotopic (exact) mass is 358 g/mol. The maximum atomic E-state index is 13.1. The molecular formula is C16H18N6O2S. The molecule has 1 aliphatic heterocycles. The van der Waals surface area contributed by atoms with Gasteiger partial charge in [0.15, 0.2) is 16.4 Å². The molecule has 0 radical (unpaired) electrons. The van der Waals surface area contributed by atoms with Gasteiger partial charge in [-0.05, 0) is 19.2 Å². The molecule has 3 aromatic heterocycles. The summed E-state index contributed by atoms with van der Waals surface area (Å²) in [5.74, 6) is 0.284. The molecule has 0 spiro atoms. The number of rotatable bonds is 3. The van der Waals surface area contributed by atoms with E-state index in [1.54, 1.807) is 23.8 Å². The largest absolute Gasteiger partial charge is 0.370 e. The fraction of sp³-hybridized carbons (Fsp3) is 0.312. The molecule has 3 aromatic rings. The molecule has 4 rings (SSSR count). The lowest BCUT2D eigenvalue weighted by atomic mass is 10.1. The van der Waals surface area contributed by atoms with Crippen LogP contribution in [-0.4, -0.2) is 53.5 Å². The van der Waals surface area contributed by atoms with E-state index in [9.17, 15) is 8.42 Å². The maximum Gasteiger partial charge on any atom is 0.215 e. The lowest BCUT2D eigenvalue weighted by molar-refractivity contribution is 0.309. The van der Waals surface area contributed by atoms with E-state index in [2.05, 4.69) is 25.3 Å². The summed E-state index contributed by atoms with van der Waals surface area (Å²) in [7, 11) is -0.0839. The molecule has 0 saturated heterocycles. The van der Waals surface area contributed by atoms with E-state index in [0.717, 1.165) is 30.8 Å². The third kappa shape index (κ3) is 2.56. The topological polar surface area (TPSA) is 92.5 Å². The smallest absolute Gasteiger partial charge is 0.215 e. The van der Waals surface area contributed by atoms with Crippen molar-refractivity contribution in [2.45, 2.75) is 22.8 Å². The number of hydrogen-bond donors (Lipinski definition) is 1. The Labute approximate surface area is 145 Å². The SMILES string of the molecule is CNc1nn2cc3c(nc2c1S(=O)(=O)c1cccnc1)CCN(C)C3. The van der Waals surface area contributed by atoms with Crippen LogP contribution in [0.4, 0.5) is 5.82 Å². The lowest BCUT2D eigenvalue weighted by Gasteiger charge is -2.23. The molecule has 0 saturated carbocycles. The summed E-state index contributed by atoms with van der Waals surface area (Å²) in [6.45, 7) is 1.67. The highest BCUT2D eigenvalue weighted by molar-refractivity contribution is 7.91. The second-order valence-electron chi connectivity index (χ2n) is 6.09. The quantitative estimate of drug-likeness (QED) is 0.746.